The monoisotopic (exact) mass is 490 g/mol. The van der Waals surface area contributed by atoms with E-state index in [2.05, 4.69) is 17.1 Å². The number of carboxylic acids is 1. The highest BCUT2D eigenvalue weighted by Gasteiger charge is 2.24. The number of hydrogen-bond donors (Lipinski definition) is 4. The molecule has 3 heterocycles. The van der Waals surface area contributed by atoms with Gasteiger partial charge in [-0.25, -0.2) is 18.6 Å². The van der Waals surface area contributed by atoms with Crippen molar-refractivity contribution < 1.29 is 23.8 Å². The molecule has 182 valence electrons. The van der Waals surface area contributed by atoms with Crippen LogP contribution in [-0.2, 0) is 6.42 Å². The zero-order valence-corrected chi connectivity index (χ0v) is 19.7. The number of anilines is 2. The Morgan fingerprint density at radius 3 is 2.68 bits per heavy atom. The Kier molecular flexibility index (Phi) is 7.30. The van der Waals surface area contributed by atoms with Crippen LogP contribution in [0.2, 0.25) is 0 Å². The quantitative estimate of drug-likeness (QED) is 0.376. The predicted octanol–water partition coefficient (Wildman–Crippen LogP) is 4.10. The fourth-order valence-electron chi connectivity index (χ4n) is 4.40. The van der Waals surface area contributed by atoms with E-state index in [1.165, 1.54) is 6.07 Å². The minimum Gasteiger partial charge on any atom is -0.477 e. The summed E-state index contributed by atoms with van der Waals surface area (Å²) < 4.78 is 26.5. The van der Waals surface area contributed by atoms with E-state index in [1.54, 1.807) is 0 Å². The molecule has 4 rings (SSSR count). The van der Waals surface area contributed by atoms with Crippen LogP contribution >= 0.6 is 11.3 Å². The number of benzene rings is 1. The van der Waals surface area contributed by atoms with Gasteiger partial charge in [0.25, 0.3) is 0 Å². The van der Waals surface area contributed by atoms with E-state index in [1.807, 2.05) is 6.07 Å². The topological polar surface area (TPSA) is 112 Å². The number of thiophene rings is 1. The zero-order valence-electron chi connectivity index (χ0n) is 18.9. The van der Waals surface area contributed by atoms with Gasteiger partial charge in [0, 0.05) is 31.1 Å². The van der Waals surface area contributed by atoms with Gasteiger partial charge in [-0.3, -0.25) is 0 Å². The number of rotatable bonds is 8. The van der Waals surface area contributed by atoms with Gasteiger partial charge in [-0.2, -0.15) is 0 Å². The highest BCUT2D eigenvalue weighted by molar-refractivity contribution is 7.21. The van der Waals surface area contributed by atoms with Gasteiger partial charge in [-0.1, -0.05) is 19.4 Å². The molecule has 1 aromatic carbocycles. The van der Waals surface area contributed by atoms with Crippen LogP contribution in [0.15, 0.2) is 24.3 Å². The summed E-state index contributed by atoms with van der Waals surface area (Å²) in [6.45, 7) is 3.80. The summed E-state index contributed by atoms with van der Waals surface area (Å²) in [5.41, 5.74) is 7.78. The molecule has 10 heteroatoms. The van der Waals surface area contributed by atoms with Gasteiger partial charge in [0.15, 0.2) is 11.6 Å². The number of carbonyl (C=O) groups is 1. The first-order chi connectivity index (χ1) is 16.3. The summed E-state index contributed by atoms with van der Waals surface area (Å²) in [6.07, 6.45) is 2.40. The number of piperidine rings is 1. The van der Waals surface area contributed by atoms with Crippen LogP contribution in [0.4, 0.5) is 20.3 Å². The normalized spacial score (nSPS) is 15.7. The van der Waals surface area contributed by atoms with E-state index < -0.39 is 23.7 Å². The number of nitrogens with zero attached hydrogens (tertiary/aromatic N) is 2. The molecule has 34 heavy (non-hydrogen) atoms. The lowest BCUT2D eigenvalue weighted by Gasteiger charge is -2.34. The number of aromatic nitrogens is 1. The first-order valence-corrected chi connectivity index (χ1v) is 12.2. The molecule has 0 spiro atoms. The number of aryl methyl sites for hydroxylation is 1. The van der Waals surface area contributed by atoms with Crippen molar-refractivity contribution in [1.82, 2.24) is 10.3 Å². The first kappa shape index (κ1) is 24.3. The number of aromatic carboxylic acids is 1. The van der Waals surface area contributed by atoms with Gasteiger partial charge < -0.3 is 26.2 Å². The molecule has 0 amide bonds. The number of nitrogen functional groups attached to an aromatic ring is 1. The molecule has 0 saturated carbocycles. The third kappa shape index (κ3) is 4.98. The van der Waals surface area contributed by atoms with Crippen molar-refractivity contribution in [1.29, 1.82) is 0 Å². The van der Waals surface area contributed by atoms with Gasteiger partial charge in [-0.05, 0) is 48.6 Å². The summed E-state index contributed by atoms with van der Waals surface area (Å²) >= 11 is 1.11. The standard InChI is InChI=1S/C24H28F2N4O3S/c1-2-3-14-11-19(29-23-20(14)21(27)22(34-23)24(32)33)30-8-6-15(7-9-30)28-12-18(31)13-4-5-16(25)17(26)10-13/h4-5,10-11,15,18,28,31H,2-3,6-9,12,27H2,1H3,(H,32,33). The number of aliphatic hydroxyl groups excluding tert-OH is 1. The lowest BCUT2D eigenvalue weighted by Crippen LogP contribution is -2.44. The summed E-state index contributed by atoms with van der Waals surface area (Å²) in [7, 11) is 0. The third-order valence-corrected chi connectivity index (χ3v) is 7.32. The maximum absolute atomic E-state index is 13.4. The van der Waals surface area contributed by atoms with Crippen LogP contribution in [0.5, 0.6) is 0 Å². The fraction of sp³-hybridized carbons (Fsp3) is 0.417. The zero-order chi connectivity index (χ0) is 24.4. The maximum atomic E-state index is 13.4. The maximum Gasteiger partial charge on any atom is 0.348 e. The van der Waals surface area contributed by atoms with Gasteiger partial charge in [0.1, 0.15) is 15.5 Å². The number of aliphatic hydroxyl groups is 1. The second kappa shape index (κ2) is 10.2. The molecular formula is C24H28F2N4O3S. The summed E-state index contributed by atoms with van der Waals surface area (Å²) in [6, 6.07) is 5.61. The van der Waals surface area contributed by atoms with Crippen molar-refractivity contribution in [3.8, 4) is 0 Å². The smallest absolute Gasteiger partial charge is 0.348 e. The summed E-state index contributed by atoms with van der Waals surface area (Å²) in [5.74, 6) is -2.13. The van der Waals surface area contributed by atoms with Crippen LogP contribution in [0.25, 0.3) is 10.2 Å². The lowest BCUT2D eigenvalue weighted by atomic mass is 10.0. The molecule has 0 bridgehead atoms. The second-order valence-corrected chi connectivity index (χ2v) is 9.58. The summed E-state index contributed by atoms with van der Waals surface area (Å²) in [5, 5.41) is 23.8. The molecule has 0 radical (unpaired) electrons. The molecule has 1 unspecified atom stereocenters. The molecule has 0 aliphatic carbocycles. The van der Waals surface area contributed by atoms with Gasteiger partial charge in [0.2, 0.25) is 0 Å². The number of fused-ring (bicyclic) bond motifs is 1. The Hall–Kier alpha value is -2.82. The summed E-state index contributed by atoms with van der Waals surface area (Å²) in [4.78, 5) is 19.2. The second-order valence-electron chi connectivity index (χ2n) is 8.58. The molecule has 7 nitrogen and oxygen atoms in total. The average molecular weight is 491 g/mol. The van der Waals surface area contributed by atoms with Crippen LogP contribution < -0.4 is 16.0 Å². The van der Waals surface area contributed by atoms with Gasteiger partial charge >= 0.3 is 5.97 Å². The predicted molar refractivity (Wildman–Crippen MR) is 130 cm³/mol. The van der Waals surface area contributed by atoms with Crippen molar-refractivity contribution in [2.45, 2.75) is 44.8 Å². The van der Waals surface area contributed by atoms with Crippen LogP contribution in [0, 0.1) is 11.6 Å². The van der Waals surface area contributed by atoms with E-state index >= 15 is 0 Å². The Labute approximate surface area is 200 Å². The largest absolute Gasteiger partial charge is 0.477 e. The van der Waals surface area contributed by atoms with E-state index in [0.717, 1.165) is 79.0 Å². The molecule has 1 saturated heterocycles. The van der Waals surface area contributed by atoms with E-state index in [4.69, 9.17) is 10.7 Å². The lowest BCUT2D eigenvalue weighted by molar-refractivity contribution is 0.0703. The number of hydrogen-bond acceptors (Lipinski definition) is 7. The van der Waals surface area contributed by atoms with Crippen molar-refractivity contribution in [2.75, 3.05) is 30.3 Å². The molecular weight excluding hydrogens is 462 g/mol. The number of nitrogens with two attached hydrogens (primary N) is 1. The minimum absolute atomic E-state index is 0.125. The van der Waals surface area contributed by atoms with Gasteiger partial charge in [0.05, 0.1) is 11.8 Å². The van der Waals surface area contributed by atoms with E-state index in [0.29, 0.717) is 10.4 Å². The molecule has 1 aliphatic rings. The molecule has 2 aromatic heterocycles. The Morgan fingerprint density at radius 2 is 2.03 bits per heavy atom. The fourth-order valence-corrected chi connectivity index (χ4v) is 5.38. The van der Waals surface area contributed by atoms with Crippen molar-refractivity contribution in [3.63, 3.8) is 0 Å². The molecule has 1 aliphatic heterocycles. The number of nitrogens with one attached hydrogen (secondary N) is 1. The highest BCUT2D eigenvalue weighted by atomic mass is 32.1. The molecule has 3 aromatic rings. The van der Waals surface area contributed by atoms with Crippen LogP contribution in [0.1, 0.15) is 53.1 Å². The minimum atomic E-state index is -1.04. The SMILES string of the molecule is CCCc1cc(N2CCC(NCC(O)c3ccc(F)c(F)c3)CC2)nc2sc(C(=O)O)c(N)c12. The Balaban J connectivity index is 1.41. The van der Waals surface area contributed by atoms with E-state index in [-0.39, 0.29) is 23.2 Å². The molecule has 1 atom stereocenters. The number of carboxylic acid groups (broad SMARTS) is 1. The third-order valence-electron chi connectivity index (χ3n) is 6.23. The van der Waals surface area contributed by atoms with Crippen molar-refractivity contribution in [3.05, 3.63) is 51.9 Å². The highest BCUT2D eigenvalue weighted by Crippen LogP contribution is 2.37. The first-order valence-electron chi connectivity index (χ1n) is 11.3. The van der Waals surface area contributed by atoms with Crippen LogP contribution in [-0.4, -0.2) is 46.8 Å². The number of halogens is 2. The van der Waals surface area contributed by atoms with Gasteiger partial charge in [-0.15, -0.1) is 11.3 Å². The molecule has 1 fully saturated rings. The Morgan fingerprint density at radius 1 is 1.29 bits per heavy atom. The van der Waals surface area contributed by atoms with Crippen molar-refractivity contribution >= 4 is 39.0 Å². The molecule has 5 N–H and O–H groups in total. The average Bonchev–Trinajstić information content (AvgIpc) is 3.16. The van der Waals surface area contributed by atoms with Crippen molar-refractivity contribution in [2.24, 2.45) is 0 Å². The number of pyridine rings is 1. The van der Waals surface area contributed by atoms with Crippen LogP contribution in [0.3, 0.4) is 0 Å². The Bertz CT molecular complexity index is 1190. The van der Waals surface area contributed by atoms with E-state index in [9.17, 15) is 23.8 Å².